The van der Waals surface area contributed by atoms with Gasteiger partial charge in [0.15, 0.2) is 9.84 Å². The van der Waals surface area contributed by atoms with Crippen molar-refractivity contribution in [1.82, 2.24) is 30.2 Å². The third-order valence-corrected chi connectivity index (χ3v) is 8.30. The molecule has 4 aromatic heterocycles. The molecule has 0 aromatic carbocycles. The third kappa shape index (κ3) is 5.64. The maximum atomic E-state index is 12.6. The molecule has 2 aliphatic rings. The van der Waals surface area contributed by atoms with Crippen molar-refractivity contribution in [2.24, 2.45) is 0 Å². The Morgan fingerprint density at radius 1 is 1.05 bits per heavy atom. The third-order valence-electron chi connectivity index (χ3n) is 7.22. The fourth-order valence-corrected chi connectivity index (χ4v) is 5.61. The molecule has 2 fully saturated rings. The summed E-state index contributed by atoms with van der Waals surface area (Å²) in [6.45, 7) is 5.50. The summed E-state index contributed by atoms with van der Waals surface area (Å²) in [7, 11) is -3.47. The van der Waals surface area contributed by atoms with Crippen LogP contribution in [0.5, 0.6) is 0 Å². The van der Waals surface area contributed by atoms with Gasteiger partial charge in [0.05, 0.1) is 58.9 Å². The number of hydrogen-bond acceptors (Lipinski definition) is 10. The van der Waals surface area contributed by atoms with Gasteiger partial charge >= 0.3 is 0 Å². The topological polar surface area (TPSA) is 131 Å². The van der Waals surface area contributed by atoms with E-state index in [4.69, 9.17) is 14.7 Å². The van der Waals surface area contributed by atoms with Crippen molar-refractivity contribution in [3.8, 4) is 11.4 Å². The Morgan fingerprint density at radius 2 is 1.93 bits per heavy atom. The van der Waals surface area contributed by atoms with Crippen LogP contribution in [0.4, 0.5) is 5.82 Å². The van der Waals surface area contributed by atoms with E-state index in [0.29, 0.717) is 11.7 Å². The van der Waals surface area contributed by atoms with Gasteiger partial charge in [-0.1, -0.05) is 6.07 Å². The number of carbonyl (C=O) groups is 1. The summed E-state index contributed by atoms with van der Waals surface area (Å²) in [6.07, 6.45) is 5.34. The quantitative estimate of drug-likeness (QED) is 0.374. The van der Waals surface area contributed by atoms with Crippen LogP contribution in [0.15, 0.2) is 66.0 Å². The molecule has 0 aliphatic carbocycles. The number of pyridine rings is 4. The van der Waals surface area contributed by atoms with E-state index in [-0.39, 0.29) is 17.0 Å². The number of hydrogen-bond donors (Lipinski definition) is 1. The van der Waals surface area contributed by atoms with Gasteiger partial charge in [-0.15, -0.1) is 0 Å². The standard InChI is InChI=1S/C28H29N7O4S/c1-40(37,38)23-11-20(13-29-16-23)28(36)31-15-21-12-26-19(14-30-21)5-6-25(32-26)24-3-2-4-27(33-24)35-8-7-34-9-10-39-18-22(34)17-35/h2-6,11-14,16,22H,7-10,15,17-18H2,1H3,(H,31,36). The molecule has 0 bridgehead atoms. The van der Waals surface area contributed by atoms with Gasteiger partial charge in [0, 0.05) is 56.4 Å². The van der Waals surface area contributed by atoms with E-state index < -0.39 is 15.7 Å². The molecule has 11 nitrogen and oxygen atoms in total. The lowest BCUT2D eigenvalue weighted by atomic mass is 10.1. The first-order chi connectivity index (χ1) is 19.3. The highest BCUT2D eigenvalue weighted by atomic mass is 32.2. The highest BCUT2D eigenvalue weighted by molar-refractivity contribution is 7.90. The largest absolute Gasteiger partial charge is 0.378 e. The molecule has 2 saturated heterocycles. The van der Waals surface area contributed by atoms with Crippen LogP contribution in [0, 0.1) is 0 Å². The number of fused-ring (bicyclic) bond motifs is 2. The lowest BCUT2D eigenvalue weighted by Gasteiger charge is -2.44. The summed E-state index contributed by atoms with van der Waals surface area (Å²) in [4.78, 5) is 35.5. The van der Waals surface area contributed by atoms with Crippen molar-refractivity contribution in [1.29, 1.82) is 0 Å². The number of amides is 1. The van der Waals surface area contributed by atoms with Crippen LogP contribution < -0.4 is 10.2 Å². The predicted octanol–water partition coefficient (Wildman–Crippen LogP) is 1.94. The zero-order valence-electron chi connectivity index (χ0n) is 22.0. The molecular formula is C28H29N7O4S. The smallest absolute Gasteiger partial charge is 0.253 e. The van der Waals surface area contributed by atoms with Gasteiger partial charge in [-0.3, -0.25) is 19.7 Å². The molecule has 206 valence electrons. The molecule has 0 saturated carbocycles. The van der Waals surface area contributed by atoms with E-state index in [9.17, 15) is 13.2 Å². The average Bonchev–Trinajstić information content (AvgIpc) is 2.99. The molecule has 0 radical (unpaired) electrons. The number of morpholine rings is 1. The minimum absolute atomic E-state index is 0.0105. The summed E-state index contributed by atoms with van der Waals surface area (Å²) in [6, 6.07) is 13.4. The number of nitrogens with one attached hydrogen (secondary N) is 1. The van der Waals surface area contributed by atoms with Crippen LogP contribution in [-0.2, 0) is 21.1 Å². The fourth-order valence-electron chi connectivity index (χ4n) is 5.01. The van der Waals surface area contributed by atoms with Gasteiger partial charge in [0.1, 0.15) is 5.82 Å². The first-order valence-electron chi connectivity index (χ1n) is 13.1. The van der Waals surface area contributed by atoms with Crippen LogP contribution in [0.2, 0.25) is 0 Å². The van der Waals surface area contributed by atoms with Gasteiger partial charge in [-0.25, -0.2) is 18.4 Å². The zero-order valence-corrected chi connectivity index (χ0v) is 22.8. The van der Waals surface area contributed by atoms with Crippen LogP contribution in [0.25, 0.3) is 22.3 Å². The molecule has 2 aliphatic heterocycles. The Balaban J connectivity index is 1.18. The molecule has 40 heavy (non-hydrogen) atoms. The Hall–Kier alpha value is -4.00. The molecule has 6 rings (SSSR count). The van der Waals surface area contributed by atoms with Crippen LogP contribution in [0.3, 0.4) is 0 Å². The summed E-state index contributed by atoms with van der Waals surface area (Å²) < 4.78 is 29.3. The van der Waals surface area contributed by atoms with Gasteiger partial charge in [-0.2, -0.15) is 0 Å². The van der Waals surface area contributed by atoms with Gasteiger partial charge in [-0.05, 0) is 36.4 Å². The fraction of sp³-hybridized carbons (Fsp3) is 0.321. The van der Waals surface area contributed by atoms with E-state index in [1.165, 1.54) is 18.5 Å². The second-order valence-electron chi connectivity index (χ2n) is 10.0. The van der Waals surface area contributed by atoms with Gasteiger partial charge in [0.25, 0.3) is 5.91 Å². The van der Waals surface area contributed by atoms with Crippen molar-refractivity contribution in [2.75, 3.05) is 50.5 Å². The monoisotopic (exact) mass is 559 g/mol. The van der Waals surface area contributed by atoms with E-state index in [0.717, 1.165) is 73.8 Å². The molecule has 1 N–H and O–H groups in total. The summed E-state index contributed by atoms with van der Waals surface area (Å²) in [5.74, 6) is 0.487. The van der Waals surface area contributed by atoms with Crippen molar-refractivity contribution < 1.29 is 17.9 Å². The highest BCUT2D eigenvalue weighted by Crippen LogP contribution is 2.24. The number of rotatable bonds is 6. The Morgan fingerprint density at radius 3 is 2.80 bits per heavy atom. The Labute approximate surface area is 232 Å². The van der Waals surface area contributed by atoms with Gasteiger partial charge in [0.2, 0.25) is 0 Å². The minimum atomic E-state index is -3.47. The Kier molecular flexibility index (Phi) is 7.13. The summed E-state index contributed by atoms with van der Waals surface area (Å²) in [5.41, 5.74) is 3.04. The predicted molar refractivity (Wildman–Crippen MR) is 150 cm³/mol. The van der Waals surface area contributed by atoms with E-state index in [1.807, 2.05) is 36.4 Å². The molecule has 6 heterocycles. The van der Waals surface area contributed by atoms with Gasteiger partial charge < -0.3 is 15.0 Å². The van der Waals surface area contributed by atoms with Crippen molar-refractivity contribution in [3.05, 3.63) is 72.3 Å². The first-order valence-corrected chi connectivity index (χ1v) is 15.0. The molecular weight excluding hydrogens is 530 g/mol. The second kappa shape index (κ2) is 10.9. The molecule has 1 atom stereocenters. The van der Waals surface area contributed by atoms with Crippen LogP contribution >= 0.6 is 0 Å². The summed E-state index contributed by atoms with van der Waals surface area (Å²) >= 11 is 0. The lowest BCUT2D eigenvalue weighted by molar-refractivity contribution is -0.0117. The normalized spacial score (nSPS) is 17.9. The number of carbonyl (C=O) groups excluding carboxylic acids is 1. The minimum Gasteiger partial charge on any atom is -0.378 e. The number of sulfone groups is 1. The number of nitrogens with zero attached hydrogens (tertiary/aromatic N) is 6. The highest BCUT2D eigenvalue weighted by Gasteiger charge is 2.30. The second-order valence-corrected chi connectivity index (χ2v) is 12.0. The lowest BCUT2D eigenvalue weighted by Crippen LogP contribution is -2.58. The molecule has 0 spiro atoms. The number of aromatic nitrogens is 4. The average molecular weight is 560 g/mol. The number of piperazine rings is 1. The first kappa shape index (κ1) is 26.2. The maximum absolute atomic E-state index is 12.6. The molecule has 12 heteroatoms. The SMILES string of the molecule is CS(=O)(=O)c1cncc(C(=O)NCc2cc3nc(-c4cccc(N5CCN6CCOCC6C5)n4)ccc3cn2)c1. The number of ether oxygens (including phenoxy) is 1. The van der Waals surface area contributed by atoms with E-state index >= 15 is 0 Å². The molecule has 4 aromatic rings. The van der Waals surface area contributed by atoms with E-state index in [2.05, 4.69) is 25.1 Å². The van der Waals surface area contributed by atoms with Crippen LogP contribution in [0.1, 0.15) is 16.1 Å². The van der Waals surface area contributed by atoms with Crippen LogP contribution in [-0.4, -0.2) is 90.9 Å². The molecule has 1 amide bonds. The van der Waals surface area contributed by atoms with Crippen molar-refractivity contribution in [2.45, 2.75) is 17.5 Å². The zero-order chi connectivity index (χ0) is 27.7. The molecule has 1 unspecified atom stereocenters. The Bertz CT molecular complexity index is 1680. The summed E-state index contributed by atoms with van der Waals surface area (Å²) in [5, 5.41) is 3.64. The van der Waals surface area contributed by atoms with Crippen molar-refractivity contribution in [3.63, 3.8) is 0 Å². The van der Waals surface area contributed by atoms with Crippen molar-refractivity contribution >= 4 is 32.5 Å². The maximum Gasteiger partial charge on any atom is 0.253 e. The van der Waals surface area contributed by atoms with E-state index in [1.54, 1.807) is 6.20 Å². The number of anilines is 1.